The molecule has 0 aliphatic rings. The predicted molar refractivity (Wildman–Crippen MR) is 99.4 cm³/mol. The maximum atomic E-state index is 12.5. The standard InChI is InChI=1S/C19H19ClN4O2/c1-19(2,18(25)22-12-14-8-10-21-11-9-14)26-17-16(20)13-24(23-17)15-6-4-3-5-7-15/h3-11,13H,12H2,1-2H3,(H,22,25). The average Bonchev–Trinajstić information content (AvgIpc) is 3.01. The van der Waals surface area contributed by atoms with Crippen molar-refractivity contribution in [2.75, 3.05) is 0 Å². The molecule has 7 heteroatoms. The Labute approximate surface area is 156 Å². The van der Waals surface area contributed by atoms with Gasteiger partial charge < -0.3 is 10.1 Å². The number of hydrogen-bond donors (Lipinski definition) is 1. The van der Waals surface area contributed by atoms with Gasteiger partial charge in [-0.15, -0.1) is 5.10 Å². The third-order valence-corrected chi connectivity index (χ3v) is 4.02. The number of pyridine rings is 1. The summed E-state index contributed by atoms with van der Waals surface area (Å²) in [6, 6.07) is 13.2. The fourth-order valence-corrected chi connectivity index (χ4v) is 2.47. The van der Waals surface area contributed by atoms with E-state index in [2.05, 4.69) is 15.4 Å². The van der Waals surface area contributed by atoms with Crippen molar-refractivity contribution < 1.29 is 9.53 Å². The van der Waals surface area contributed by atoms with Crippen molar-refractivity contribution >= 4 is 17.5 Å². The van der Waals surface area contributed by atoms with E-state index in [1.54, 1.807) is 37.1 Å². The molecule has 6 nitrogen and oxygen atoms in total. The number of para-hydroxylation sites is 1. The molecule has 134 valence electrons. The molecule has 0 bridgehead atoms. The number of hydrogen-bond acceptors (Lipinski definition) is 4. The largest absolute Gasteiger partial charge is 0.459 e. The second-order valence-electron chi connectivity index (χ2n) is 6.21. The van der Waals surface area contributed by atoms with Crippen LogP contribution in [0.15, 0.2) is 61.1 Å². The van der Waals surface area contributed by atoms with Gasteiger partial charge in [0.15, 0.2) is 5.60 Å². The molecular formula is C19H19ClN4O2. The van der Waals surface area contributed by atoms with Crippen LogP contribution >= 0.6 is 11.6 Å². The molecule has 2 aromatic heterocycles. The number of ether oxygens (including phenoxy) is 1. The van der Waals surface area contributed by atoms with Crippen LogP contribution in [0, 0.1) is 0 Å². The lowest BCUT2D eigenvalue weighted by atomic mass is 10.1. The van der Waals surface area contributed by atoms with Gasteiger partial charge in [0.05, 0.1) is 11.9 Å². The minimum Gasteiger partial charge on any atom is -0.459 e. The zero-order valence-corrected chi connectivity index (χ0v) is 15.3. The van der Waals surface area contributed by atoms with Crippen molar-refractivity contribution in [3.63, 3.8) is 0 Å². The number of carbonyl (C=O) groups excluding carboxylic acids is 1. The van der Waals surface area contributed by atoms with Crippen molar-refractivity contribution in [3.05, 3.63) is 71.6 Å². The Bertz CT molecular complexity index is 879. The molecule has 0 saturated heterocycles. The van der Waals surface area contributed by atoms with E-state index in [1.807, 2.05) is 42.5 Å². The summed E-state index contributed by atoms with van der Waals surface area (Å²) in [4.78, 5) is 16.5. The molecule has 0 aliphatic heterocycles. The molecule has 3 aromatic rings. The van der Waals surface area contributed by atoms with E-state index in [0.29, 0.717) is 11.6 Å². The molecule has 0 aliphatic carbocycles. The molecule has 0 fully saturated rings. The van der Waals surface area contributed by atoms with E-state index in [9.17, 15) is 4.79 Å². The van der Waals surface area contributed by atoms with E-state index in [4.69, 9.17) is 16.3 Å². The van der Waals surface area contributed by atoms with Gasteiger partial charge in [0.1, 0.15) is 5.02 Å². The van der Waals surface area contributed by atoms with Crippen LogP contribution < -0.4 is 10.1 Å². The maximum Gasteiger partial charge on any atom is 0.263 e. The van der Waals surface area contributed by atoms with Crippen LogP contribution in [-0.4, -0.2) is 26.3 Å². The maximum absolute atomic E-state index is 12.5. The number of halogens is 1. The highest BCUT2D eigenvalue weighted by atomic mass is 35.5. The summed E-state index contributed by atoms with van der Waals surface area (Å²) in [6.07, 6.45) is 5.01. The molecule has 3 rings (SSSR count). The molecule has 2 heterocycles. The van der Waals surface area contributed by atoms with E-state index in [-0.39, 0.29) is 11.8 Å². The first kappa shape index (κ1) is 17.9. The van der Waals surface area contributed by atoms with E-state index in [0.717, 1.165) is 11.3 Å². The van der Waals surface area contributed by atoms with Gasteiger partial charge in [-0.3, -0.25) is 9.78 Å². The fourth-order valence-electron chi connectivity index (χ4n) is 2.30. The first-order valence-corrected chi connectivity index (χ1v) is 8.50. The third-order valence-electron chi connectivity index (χ3n) is 3.76. The van der Waals surface area contributed by atoms with Gasteiger partial charge in [0.25, 0.3) is 11.8 Å². The smallest absolute Gasteiger partial charge is 0.263 e. The highest BCUT2D eigenvalue weighted by Crippen LogP contribution is 2.27. The molecule has 1 amide bonds. The van der Waals surface area contributed by atoms with Crippen LogP contribution in [0.5, 0.6) is 5.88 Å². The van der Waals surface area contributed by atoms with Crippen LogP contribution in [0.3, 0.4) is 0 Å². The van der Waals surface area contributed by atoms with E-state index >= 15 is 0 Å². The molecule has 0 spiro atoms. The Hall–Kier alpha value is -2.86. The fraction of sp³-hybridized carbons (Fsp3) is 0.211. The van der Waals surface area contributed by atoms with E-state index in [1.165, 1.54) is 0 Å². The average molecular weight is 371 g/mol. The minimum absolute atomic E-state index is 0.208. The summed E-state index contributed by atoms with van der Waals surface area (Å²) >= 11 is 6.23. The highest BCUT2D eigenvalue weighted by molar-refractivity contribution is 6.31. The molecule has 0 radical (unpaired) electrons. The number of aromatic nitrogens is 3. The summed E-state index contributed by atoms with van der Waals surface area (Å²) in [6.45, 7) is 3.74. The van der Waals surface area contributed by atoms with Gasteiger partial charge in [0, 0.05) is 18.9 Å². The van der Waals surface area contributed by atoms with Crippen molar-refractivity contribution in [3.8, 4) is 11.6 Å². The Morgan fingerprint density at radius 1 is 1.19 bits per heavy atom. The summed E-state index contributed by atoms with van der Waals surface area (Å²) in [5.74, 6) is -0.0563. The number of nitrogens with one attached hydrogen (secondary N) is 1. The summed E-state index contributed by atoms with van der Waals surface area (Å²) in [7, 11) is 0. The number of amides is 1. The number of carbonyl (C=O) groups is 1. The van der Waals surface area contributed by atoms with Gasteiger partial charge in [-0.05, 0) is 43.7 Å². The summed E-state index contributed by atoms with van der Waals surface area (Å²) < 4.78 is 7.41. The molecular weight excluding hydrogens is 352 g/mol. The first-order chi connectivity index (χ1) is 12.5. The molecule has 0 atom stereocenters. The van der Waals surface area contributed by atoms with Crippen LogP contribution in [-0.2, 0) is 11.3 Å². The Morgan fingerprint density at radius 3 is 2.58 bits per heavy atom. The van der Waals surface area contributed by atoms with Crippen LogP contribution in [0.2, 0.25) is 5.02 Å². The van der Waals surface area contributed by atoms with Gasteiger partial charge >= 0.3 is 0 Å². The van der Waals surface area contributed by atoms with E-state index < -0.39 is 5.60 Å². The number of nitrogens with zero attached hydrogens (tertiary/aromatic N) is 3. The quantitative estimate of drug-likeness (QED) is 0.722. The van der Waals surface area contributed by atoms with Crippen molar-refractivity contribution in [1.29, 1.82) is 0 Å². The number of rotatable bonds is 6. The van der Waals surface area contributed by atoms with Gasteiger partial charge in [-0.1, -0.05) is 29.8 Å². The van der Waals surface area contributed by atoms with Gasteiger partial charge in [-0.25, -0.2) is 4.68 Å². The topological polar surface area (TPSA) is 69.0 Å². The zero-order chi connectivity index (χ0) is 18.6. The summed E-state index contributed by atoms with van der Waals surface area (Å²) in [5, 5.41) is 7.53. The van der Waals surface area contributed by atoms with Gasteiger partial charge in [-0.2, -0.15) is 0 Å². The van der Waals surface area contributed by atoms with Crippen molar-refractivity contribution in [2.45, 2.75) is 26.0 Å². The molecule has 26 heavy (non-hydrogen) atoms. The van der Waals surface area contributed by atoms with Crippen LogP contribution in [0.4, 0.5) is 0 Å². The molecule has 1 N–H and O–H groups in total. The molecule has 0 saturated carbocycles. The molecule has 1 aromatic carbocycles. The second-order valence-corrected chi connectivity index (χ2v) is 6.62. The molecule has 0 unspecified atom stereocenters. The Kier molecular flexibility index (Phi) is 5.23. The minimum atomic E-state index is -1.13. The van der Waals surface area contributed by atoms with Crippen molar-refractivity contribution in [1.82, 2.24) is 20.1 Å². The Morgan fingerprint density at radius 2 is 1.88 bits per heavy atom. The Balaban J connectivity index is 1.69. The first-order valence-electron chi connectivity index (χ1n) is 8.12. The lowest BCUT2D eigenvalue weighted by Crippen LogP contribution is -2.46. The normalized spacial score (nSPS) is 11.2. The lowest BCUT2D eigenvalue weighted by molar-refractivity contribution is -0.134. The predicted octanol–water partition coefficient (Wildman–Crippen LogP) is 3.39. The second kappa shape index (κ2) is 7.58. The lowest BCUT2D eigenvalue weighted by Gasteiger charge is -2.24. The monoisotopic (exact) mass is 370 g/mol. The number of benzene rings is 1. The highest BCUT2D eigenvalue weighted by Gasteiger charge is 2.31. The van der Waals surface area contributed by atoms with Gasteiger partial charge in [0.2, 0.25) is 0 Å². The van der Waals surface area contributed by atoms with Crippen LogP contribution in [0.25, 0.3) is 5.69 Å². The van der Waals surface area contributed by atoms with Crippen LogP contribution in [0.1, 0.15) is 19.4 Å². The SMILES string of the molecule is CC(C)(Oc1nn(-c2ccccc2)cc1Cl)C(=O)NCc1ccncc1. The van der Waals surface area contributed by atoms with Crippen molar-refractivity contribution in [2.24, 2.45) is 0 Å². The zero-order valence-electron chi connectivity index (χ0n) is 14.5. The third kappa shape index (κ3) is 4.21. The summed E-state index contributed by atoms with van der Waals surface area (Å²) in [5.41, 5.74) is 0.673.